The molecule has 0 aromatic heterocycles. The Labute approximate surface area is 341 Å². The van der Waals surface area contributed by atoms with Gasteiger partial charge in [-0.15, -0.1) is 0 Å². The molecule has 17 heteroatoms. The number of anilines is 2. The van der Waals surface area contributed by atoms with Crippen molar-refractivity contribution in [2.75, 3.05) is 36.8 Å². The van der Waals surface area contributed by atoms with Crippen molar-refractivity contribution in [3.8, 4) is 6.07 Å². The molecule has 0 radical (unpaired) electrons. The van der Waals surface area contributed by atoms with Gasteiger partial charge in [0.15, 0.2) is 0 Å². The predicted octanol–water partition coefficient (Wildman–Crippen LogP) is 6.22. The van der Waals surface area contributed by atoms with Crippen LogP contribution in [0.2, 0.25) is 0 Å². The van der Waals surface area contributed by atoms with Crippen LogP contribution in [0.4, 0.5) is 29.3 Å². The van der Waals surface area contributed by atoms with E-state index in [-0.39, 0.29) is 53.7 Å². The maximum absolute atomic E-state index is 13.7. The lowest BCUT2D eigenvalue weighted by Gasteiger charge is -2.44. The van der Waals surface area contributed by atoms with Gasteiger partial charge in [0.05, 0.1) is 23.7 Å². The standard InChI is InChI=1S/C41H51F3N8O5S/c1-25-22-49(23-26(2)50(25)24-36(54)47-30-9-5-8-29(19-30)46-34-16-17-35(53)48-37(34)55)18-6-7-27-10-13-31(14-11-27)51-39(57)52(38(56)40(51,3)4)58-32-15-12-28(21-45)33(20-32)41(42,43)44/h5,8-9,12,15,19-20,25-27,31,34,46H,6-7,10-11,13-14,16-18,22-24H2,1-4H3,(H,47,54)(H,48,53,55)/t25-,26+,27?,31?,34-/m1/s1. The molecule has 0 unspecified atom stereocenters. The second-order valence-electron chi connectivity index (χ2n) is 16.4. The first-order chi connectivity index (χ1) is 27.4. The second kappa shape index (κ2) is 17.7. The molecule has 13 nitrogen and oxygen atoms in total. The molecule has 312 valence electrons. The minimum Gasteiger partial charge on any atom is -0.374 e. The minimum atomic E-state index is -4.75. The SMILES string of the molecule is C[C@@H]1CN(CCCC2CCC(N3C(=O)N(Sc4ccc(C#N)c(C(F)(F)F)c4)C(=O)C3(C)C)CC2)C[C@H](C)N1CC(=O)Nc1cccc(N[C@@H]2CCC(=O)NC2=O)c1. The number of nitrogens with one attached hydrogen (secondary N) is 3. The van der Waals surface area contributed by atoms with Crippen molar-refractivity contribution in [2.24, 2.45) is 5.92 Å². The third-order valence-electron chi connectivity index (χ3n) is 11.8. The fraction of sp³-hybridized carbons (Fsp3) is 0.561. The average molecular weight is 825 g/mol. The zero-order valence-electron chi connectivity index (χ0n) is 33.2. The molecule has 3 aliphatic heterocycles. The van der Waals surface area contributed by atoms with Gasteiger partial charge in [-0.3, -0.25) is 29.4 Å². The Bertz CT molecular complexity index is 1940. The van der Waals surface area contributed by atoms with E-state index in [0.29, 0.717) is 35.7 Å². The van der Waals surface area contributed by atoms with Gasteiger partial charge < -0.3 is 20.4 Å². The largest absolute Gasteiger partial charge is 0.417 e. The molecule has 4 aliphatic rings. The van der Waals surface area contributed by atoms with Crippen LogP contribution in [0.15, 0.2) is 47.4 Å². The normalized spacial score (nSPS) is 25.7. The van der Waals surface area contributed by atoms with E-state index in [9.17, 15) is 37.1 Å². The number of halogens is 3. The minimum absolute atomic E-state index is 0.0474. The van der Waals surface area contributed by atoms with Crippen LogP contribution in [-0.4, -0.2) is 105 Å². The Morgan fingerprint density at radius 2 is 1.67 bits per heavy atom. The maximum atomic E-state index is 13.7. The highest BCUT2D eigenvalue weighted by Crippen LogP contribution is 2.42. The summed E-state index contributed by atoms with van der Waals surface area (Å²) in [4.78, 5) is 70.2. The first-order valence-electron chi connectivity index (χ1n) is 19.9. The lowest BCUT2D eigenvalue weighted by molar-refractivity contribution is -0.138. The van der Waals surface area contributed by atoms with Gasteiger partial charge in [-0.25, -0.2) is 4.79 Å². The second-order valence-corrected chi connectivity index (χ2v) is 17.5. The molecule has 58 heavy (non-hydrogen) atoms. The maximum Gasteiger partial charge on any atom is 0.417 e. The number of piperidine rings is 1. The summed E-state index contributed by atoms with van der Waals surface area (Å²) in [7, 11) is 0. The zero-order valence-corrected chi connectivity index (χ0v) is 34.0. The molecule has 3 saturated heterocycles. The first kappa shape index (κ1) is 42.9. The van der Waals surface area contributed by atoms with Gasteiger partial charge >= 0.3 is 12.2 Å². The van der Waals surface area contributed by atoms with Crippen LogP contribution < -0.4 is 16.0 Å². The number of alkyl halides is 3. The summed E-state index contributed by atoms with van der Waals surface area (Å²) in [6.45, 7) is 10.5. The van der Waals surface area contributed by atoms with Crippen molar-refractivity contribution in [2.45, 2.75) is 120 Å². The average Bonchev–Trinajstić information content (AvgIpc) is 3.32. The fourth-order valence-electron chi connectivity index (χ4n) is 8.83. The molecule has 2 aromatic carbocycles. The number of urea groups is 1. The molecule has 4 fully saturated rings. The smallest absolute Gasteiger partial charge is 0.374 e. The summed E-state index contributed by atoms with van der Waals surface area (Å²) in [6.07, 6.45) is 1.25. The van der Waals surface area contributed by atoms with Crippen LogP contribution in [0.25, 0.3) is 0 Å². The first-order valence-corrected chi connectivity index (χ1v) is 20.7. The number of hydrogen-bond donors (Lipinski definition) is 3. The van der Waals surface area contributed by atoms with Gasteiger partial charge in [0.1, 0.15) is 11.6 Å². The number of piperazine rings is 1. The quantitative estimate of drug-likeness (QED) is 0.128. The Kier molecular flexibility index (Phi) is 13.1. The number of benzene rings is 2. The van der Waals surface area contributed by atoms with Gasteiger partial charge in [-0.1, -0.05) is 6.07 Å². The van der Waals surface area contributed by atoms with Crippen molar-refractivity contribution in [3.63, 3.8) is 0 Å². The Morgan fingerprint density at radius 1 is 0.983 bits per heavy atom. The van der Waals surface area contributed by atoms with Crippen molar-refractivity contribution in [3.05, 3.63) is 53.6 Å². The number of hydrogen-bond acceptors (Lipinski definition) is 10. The van der Waals surface area contributed by atoms with E-state index in [1.807, 2.05) is 6.07 Å². The monoisotopic (exact) mass is 824 g/mol. The Hall–Kier alpha value is -4.66. The third-order valence-corrected chi connectivity index (χ3v) is 12.8. The van der Waals surface area contributed by atoms with Crippen LogP contribution in [-0.2, 0) is 25.4 Å². The number of carbonyl (C=O) groups is 5. The number of nitriles is 1. The van der Waals surface area contributed by atoms with Crippen molar-refractivity contribution in [1.82, 2.24) is 24.3 Å². The molecule has 6 rings (SSSR count). The summed E-state index contributed by atoms with van der Waals surface area (Å²) in [5.41, 5.74) is -1.49. The fourth-order valence-corrected chi connectivity index (χ4v) is 9.81. The van der Waals surface area contributed by atoms with E-state index in [2.05, 4.69) is 39.6 Å². The molecule has 1 aliphatic carbocycles. The van der Waals surface area contributed by atoms with E-state index >= 15 is 0 Å². The Balaban J connectivity index is 0.930. The van der Waals surface area contributed by atoms with E-state index in [0.717, 1.165) is 74.6 Å². The highest BCUT2D eigenvalue weighted by atomic mass is 32.2. The third kappa shape index (κ3) is 9.78. The van der Waals surface area contributed by atoms with Gasteiger partial charge in [0.2, 0.25) is 17.7 Å². The van der Waals surface area contributed by atoms with E-state index in [4.69, 9.17) is 5.26 Å². The van der Waals surface area contributed by atoms with Crippen LogP contribution in [0, 0.1) is 17.2 Å². The van der Waals surface area contributed by atoms with Gasteiger partial charge in [-0.05, 0) is 133 Å². The highest BCUT2D eigenvalue weighted by Gasteiger charge is 2.54. The van der Waals surface area contributed by atoms with Crippen LogP contribution >= 0.6 is 11.9 Å². The summed E-state index contributed by atoms with van der Waals surface area (Å²) >= 11 is 0.657. The lowest BCUT2D eigenvalue weighted by atomic mass is 9.81. The van der Waals surface area contributed by atoms with E-state index in [1.165, 1.54) is 6.07 Å². The number of carbonyl (C=O) groups excluding carboxylic acids is 5. The molecule has 3 N–H and O–H groups in total. The van der Waals surface area contributed by atoms with Crippen LogP contribution in [0.1, 0.15) is 90.2 Å². The van der Waals surface area contributed by atoms with Crippen molar-refractivity contribution >= 4 is 53.0 Å². The summed E-state index contributed by atoms with van der Waals surface area (Å²) in [6, 6.07) is 11.0. The van der Waals surface area contributed by atoms with Gasteiger partial charge in [-0.2, -0.15) is 22.7 Å². The lowest BCUT2D eigenvalue weighted by Crippen LogP contribution is -2.58. The van der Waals surface area contributed by atoms with Crippen LogP contribution in [0.3, 0.4) is 0 Å². The molecule has 2 aromatic rings. The predicted molar refractivity (Wildman–Crippen MR) is 212 cm³/mol. The number of rotatable bonds is 12. The van der Waals surface area contributed by atoms with Crippen molar-refractivity contribution < 1.29 is 37.1 Å². The molecule has 6 amide bonds. The molecule has 0 spiro atoms. The summed E-state index contributed by atoms with van der Waals surface area (Å²) < 4.78 is 41.7. The van der Waals surface area contributed by atoms with Gasteiger partial charge in [0.25, 0.3) is 5.91 Å². The molecule has 0 bridgehead atoms. The molecular weight excluding hydrogens is 774 g/mol. The summed E-state index contributed by atoms with van der Waals surface area (Å²) in [5.74, 6) is -0.766. The molecule has 3 atom stereocenters. The van der Waals surface area contributed by atoms with Gasteiger partial charge in [0, 0.05) is 53.9 Å². The molecule has 1 saturated carbocycles. The number of nitrogens with zero attached hydrogens (tertiary/aromatic N) is 5. The highest BCUT2D eigenvalue weighted by molar-refractivity contribution is 7.98. The van der Waals surface area contributed by atoms with Crippen molar-refractivity contribution in [1.29, 1.82) is 5.26 Å². The van der Waals surface area contributed by atoms with Crippen LogP contribution in [0.5, 0.6) is 0 Å². The summed E-state index contributed by atoms with van der Waals surface area (Å²) in [5, 5.41) is 17.6. The molecule has 3 heterocycles. The Morgan fingerprint density at radius 3 is 2.33 bits per heavy atom. The number of imide groups is 2. The molecular formula is C41H51F3N8O5S. The topological polar surface area (TPSA) is 158 Å². The number of amides is 6. The zero-order chi connectivity index (χ0) is 41.9. The van der Waals surface area contributed by atoms with E-state index < -0.39 is 40.8 Å². The van der Waals surface area contributed by atoms with E-state index in [1.54, 1.807) is 43.0 Å².